The molecule has 66 heavy (non-hydrogen) atoms. The van der Waals surface area contributed by atoms with Gasteiger partial charge in [0.25, 0.3) is 5.91 Å². The van der Waals surface area contributed by atoms with E-state index in [0.717, 1.165) is 68.3 Å². The van der Waals surface area contributed by atoms with E-state index in [2.05, 4.69) is 50.9 Å². The third-order valence-electron chi connectivity index (χ3n) is 13.5. The molecule has 2 aromatic heterocycles. The lowest BCUT2D eigenvalue weighted by Gasteiger charge is -2.33. The standard InChI is InChI=1S/C50H56N8O8/c1-7-27(3)42(55-49(61)63-5)48(60)58-28(4)14-19-39(58)45-51-24-38(53-45)31-15-17-34-32(20-31)26-66-41-23-35-30(21-36(34)41)16-18-37-44(35)54-46(52-37)40-22-33(65-8-2)25-57(40)47(59)43(56-50(62)64-6)29-12-10-9-11-13-29/h9-13,15-18,20-21,23-24,27-28,33,39-40,42-43H,7-8,14,19,22,25-26H2,1-6H3,(H,51,53)(H,52,54)(H,55,61)(H,56,62)/t27-,28-,33-,39-,40-,42-,43+/m0/s1. The minimum atomic E-state index is -0.970. The molecule has 5 heterocycles. The second-order valence-electron chi connectivity index (χ2n) is 17.5. The summed E-state index contributed by atoms with van der Waals surface area (Å²) < 4.78 is 22.3. The molecular formula is C50H56N8O8. The molecule has 4 aromatic carbocycles. The van der Waals surface area contributed by atoms with Crippen LogP contribution in [0.3, 0.4) is 0 Å². The number of rotatable bonds is 12. The van der Waals surface area contributed by atoms with Gasteiger partial charge in [-0.3, -0.25) is 9.59 Å². The van der Waals surface area contributed by atoms with Gasteiger partial charge in [0.05, 0.1) is 55.3 Å². The summed E-state index contributed by atoms with van der Waals surface area (Å²) in [5.74, 6) is 1.57. The van der Waals surface area contributed by atoms with Crippen molar-refractivity contribution < 1.29 is 38.1 Å². The number of ether oxygens (including phenoxy) is 4. The Hall–Kier alpha value is -6.94. The number of aromatic amines is 2. The van der Waals surface area contributed by atoms with Gasteiger partial charge in [-0.2, -0.15) is 0 Å². The number of methoxy groups -OCH3 is 2. The van der Waals surface area contributed by atoms with Crippen LogP contribution < -0.4 is 15.4 Å². The van der Waals surface area contributed by atoms with Crippen molar-refractivity contribution in [3.8, 4) is 28.1 Å². The summed E-state index contributed by atoms with van der Waals surface area (Å²) in [6.07, 6.45) is 3.07. The van der Waals surface area contributed by atoms with Gasteiger partial charge >= 0.3 is 12.2 Å². The summed E-state index contributed by atoms with van der Waals surface area (Å²) in [6, 6.07) is 21.3. The van der Waals surface area contributed by atoms with E-state index >= 15 is 0 Å². The van der Waals surface area contributed by atoms with Gasteiger partial charge in [0, 0.05) is 36.6 Å². The van der Waals surface area contributed by atoms with E-state index < -0.39 is 30.3 Å². The van der Waals surface area contributed by atoms with Gasteiger partial charge < -0.3 is 49.3 Å². The smallest absolute Gasteiger partial charge is 0.407 e. The zero-order chi connectivity index (χ0) is 46.2. The summed E-state index contributed by atoms with van der Waals surface area (Å²) in [7, 11) is 2.57. The number of aromatic nitrogens is 4. The second-order valence-corrected chi connectivity index (χ2v) is 17.5. The average molecular weight is 897 g/mol. The SMILES string of the molecule is CCO[C@H]1C[C@@H](c2nc3c(ccc4cc5c(cc43)OCc3cc(-c4cnc([C@@H]6CC[C@H](C)N6C(=O)[C@@H](NC(=O)OC)[C@@H](C)CC)[nH]4)ccc3-5)[nH]2)N(C(=O)[C@H](NC(=O)OC)c2ccccc2)C1. The Morgan fingerprint density at radius 2 is 1.67 bits per heavy atom. The molecule has 0 aliphatic carbocycles. The Morgan fingerprint density at radius 1 is 0.879 bits per heavy atom. The number of H-pyrrole nitrogens is 2. The Bertz CT molecular complexity index is 2790. The maximum absolute atomic E-state index is 14.4. The number of hydrogen-bond donors (Lipinski definition) is 4. The van der Waals surface area contributed by atoms with Crippen molar-refractivity contribution in [1.29, 1.82) is 0 Å². The highest BCUT2D eigenvalue weighted by Crippen LogP contribution is 2.44. The molecule has 344 valence electrons. The monoisotopic (exact) mass is 896 g/mol. The number of nitrogens with zero attached hydrogens (tertiary/aromatic N) is 4. The van der Waals surface area contributed by atoms with Crippen LogP contribution in [0.1, 0.15) is 94.3 Å². The van der Waals surface area contributed by atoms with E-state index in [1.807, 2.05) is 81.3 Å². The average Bonchev–Trinajstić information content (AvgIpc) is 4.17. The first-order valence-corrected chi connectivity index (χ1v) is 22.8. The van der Waals surface area contributed by atoms with Crippen molar-refractivity contribution >= 4 is 45.8 Å². The Balaban J connectivity index is 0.979. The molecule has 7 atom stereocenters. The normalized spacial score (nSPS) is 20.3. The summed E-state index contributed by atoms with van der Waals surface area (Å²) in [5.41, 5.74) is 7.06. The van der Waals surface area contributed by atoms with Crippen LogP contribution in [0, 0.1) is 5.92 Å². The van der Waals surface area contributed by atoms with Crippen LogP contribution in [0.4, 0.5) is 9.59 Å². The molecule has 6 aromatic rings. The van der Waals surface area contributed by atoms with Crippen LogP contribution in [0.5, 0.6) is 5.75 Å². The number of alkyl carbamates (subject to hydrolysis) is 2. The molecule has 0 saturated carbocycles. The van der Waals surface area contributed by atoms with Crippen LogP contribution in [0.2, 0.25) is 0 Å². The molecule has 2 fully saturated rings. The predicted octanol–water partition coefficient (Wildman–Crippen LogP) is 8.26. The first-order chi connectivity index (χ1) is 32.0. The summed E-state index contributed by atoms with van der Waals surface area (Å²) >= 11 is 0. The molecule has 4 amide bonds. The topological polar surface area (TPSA) is 193 Å². The van der Waals surface area contributed by atoms with Crippen LogP contribution in [0.25, 0.3) is 44.2 Å². The number of likely N-dealkylation sites (tertiary alicyclic amines) is 2. The van der Waals surface area contributed by atoms with Gasteiger partial charge in [0.1, 0.15) is 36.1 Å². The fourth-order valence-electron chi connectivity index (χ4n) is 9.87. The molecule has 3 aliphatic heterocycles. The minimum absolute atomic E-state index is 0.0246. The number of fused-ring (bicyclic) bond motifs is 6. The van der Waals surface area contributed by atoms with Crippen LogP contribution in [0.15, 0.2) is 79.0 Å². The highest BCUT2D eigenvalue weighted by atomic mass is 16.5. The number of carbonyl (C=O) groups is 4. The highest BCUT2D eigenvalue weighted by molar-refractivity contribution is 6.07. The van der Waals surface area contributed by atoms with E-state index in [9.17, 15) is 19.2 Å². The van der Waals surface area contributed by atoms with Crippen molar-refractivity contribution in [2.24, 2.45) is 5.92 Å². The summed E-state index contributed by atoms with van der Waals surface area (Å²) in [5, 5.41) is 7.42. The van der Waals surface area contributed by atoms with Gasteiger partial charge in [-0.1, -0.05) is 68.8 Å². The Kier molecular flexibility index (Phi) is 12.4. The molecule has 0 unspecified atom stereocenters. The molecule has 0 radical (unpaired) electrons. The minimum Gasteiger partial charge on any atom is -0.488 e. The molecule has 4 N–H and O–H groups in total. The largest absolute Gasteiger partial charge is 0.488 e. The summed E-state index contributed by atoms with van der Waals surface area (Å²) in [4.78, 5) is 73.8. The first kappa shape index (κ1) is 44.3. The van der Waals surface area contributed by atoms with E-state index in [4.69, 9.17) is 28.9 Å². The maximum Gasteiger partial charge on any atom is 0.407 e. The molecule has 16 heteroatoms. The van der Waals surface area contributed by atoms with Crippen molar-refractivity contribution in [2.75, 3.05) is 27.4 Å². The highest BCUT2D eigenvalue weighted by Gasteiger charge is 2.43. The van der Waals surface area contributed by atoms with Crippen molar-refractivity contribution in [1.82, 2.24) is 40.4 Å². The van der Waals surface area contributed by atoms with Crippen LogP contribution in [-0.2, 0) is 30.4 Å². The van der Waals surface area contributed by atoms with Gasteiger partial charge in [0.2, 0.25) is 5.91 Å². The molecule has 2 saturated heterocycles. The number of nitrogens with one attached hydrogen (secondary N) is 4. The lowest BCUT2D eigenvalue weighted by molar-refractivity contribution is -0.137. The molecule has 0 spiro atoms. The lowest BCUT2D eigenvalue weighted by Crippen LogP contribution is -2.53. The molecule has 16 nitrogen and oxygen atoms in total. The number of hydrogen-bond acceptors (Lipinski definition) is 10. The van der Waals surface area contributed by atoms with E-state index in [-0.39, 0.29) is 35.9 Å². The molecule has 9 rings (SSSR count). The second kappa shape index (κ2) is 18.5. The third-order valence-corrected chi connectivity index (χ3v) is 13.5. The van der Waals surface area contributed by atoms with Gasteiger partial charge in [-0.15, -0.1) is 0 Å². The molecule has 0 bridgehead atoms. The van der Waals surface area contributed by atoms with Crippen LogP contribution >= 0.6 is 0 Å². The van der Waals surface area contributed by atoms with E-state index in [0.29, 0.717) is 49.8 Å². The lowest BCUT2D eigenvalue weighted by atomic mass is 9.92. The van der Waals surface area contributed by atoms with Gasteiger partial charge in [0.15, 0.2) is 0 Å². The number of carbonyl (C=O) groups excluding carboxylic acids is 4. The fourth-order valence-corrected chi connectivity index (χ4v) is 9.87. The number of imidazole rings is 2. The number of benzene rings is 4. The summed E-state index contributed by atoms with van der Waals surface area (Å²) in [6.45, 7) is 9.11. The van der Waals surface area contributed by atoms with Crippen LogP contribution in [-0.4, -0.2) is 99.3 Å². The molecule has 3 aliphatic rings. The quantitative estimate of drug-likeness (QED) is 0.0930. The first-order valence-electron chi connectivity index (χ1n) is 22.8. The van der Waals surface area contributed by atoms with E-state index in [1.54, 1.807) is 4.90 Å². The third kappa shape index (κ3) is 8.29. The van der Waals surface area contributed by atoms with Crippen molar-refractivity contribution in [3.63, 3.8) is 0 Å². The van der Waals surface area contributed by atoms with Gasteiger partial charge in [-0.25, -0.2) is 19.6 Å². The molecular weight excluding hydrogens is 841 g/mol. The van der Waals surface area contributed by atoms with Crippen molar-refractivity contribution in [3.05, 3.63) is 102 Å². The zero-order valence-corrected chi connectivity index (χ0v) is 38.1. The van der Waals surface area contributed by atoms with Gasteiger partial charge in [-0.05, 0) is 84.5 Å². The maximum atomic E-state index is 14.4. The Morgan fingerprint density at radius 3 is 2.42 bits per heavy atom. The fraction of sp³-hybridized carbons (Fsp3) is 0.400. The van der Waals surface area contributed by atoms with E-state index in [1.165, 1.54) is 14.2 Å². The number of amides is 4. The zero-order valence-electron chi connectivity index (χ0n) is 38.1. The van der Waals surface area contributed by atoms with Crippen molar-refractivity contribution in [2.45, 2.75) is 96.3 Å². The predicted molar refractivity (Wildman–Crippen MR) is 247 cm³/mol. The Labute approximate surface area is 382 Å².